The van der Waals surface area contributed by atoms with Crippen molar-refractivity contribution in [3.63, 3.8) is 0 Å². The maximum Gasteiger partial charge on any atom is 0.228 e. The van der Waals surface area contributed by atoms with Crippen LogP contribution in [0.25, 0.3) is 11.0 Å². The Morgan fingerprint density at radius 2 is 1.89 bits per heavy atom. The van der Waals surface area contributed by atoms with Crippen LogP contribution in [0.5, 0.6) is 0 Å². The highest BCUT2D eigenvalue weighted by Crippen LogP contribution is 2.24. The van der Waals surface area contributed by atoms with Crippen LogP contribution in [-0.2, 0) is 0 Å². The number of carbonyl (C=O) groups is 1. The molecule has 0 atom stereocenters. The summed E-state index contributed by atoms with van der Waals surface area (Å²) in [6, 6.07) is 14.4. The van der Waals surface area contributed by atoms with Crippen molar-refractivity contribution < 1.29 is 9.21 Å². The Balaban J connectivity index is 2.07. The number of carbonyl (C=O) groups excluding carboxylic acids is 1. The molecule has 0 aliphatic rings. The van der Waals surface area contributed by atoms with Crippen molar-refractivity contribution in [3.8, 4) is 0 Å². The second kappa shape index (κ2) is 4.55. The number of fused-ring (bicyclic) bond motifs is 1. The van der Waals surface area contributed by atoms with E-state index in [2.05, 4.69) is 15.9 Å². The van der Waals surface area contributed by atoms with Crippen molar-refractivity contribution >= 4 is 38.4 Å². The summed E-state index contributed by atoms with van der Waals surface area (Å²) in [6.07, 6.45) is 0. The lowest BCUT2D eigenvalue weighted by atomic mass is 10.1. The fourth-order valence-electron chi connectivity index (χ4n) is 1.98. The van der Waals surface area contributed by atoms with Crippen molar-refractivity contribution in [1.29, 1.82) is 0 Å². The third-order valence-electron chi connectivity index (χ3n) is 2.83. The zero-order chi connectivity index (χ0) is 13.4. The summed E-state index contributed by atoms with van der Waals surface area (Å²) in [5.74, 6) is 0.142. The monoisotopic (exact) mass is 315 g/mol. The van der Waals surface area contributed by atoms with Crippen LogP contribution in [0.1, 0.15) is 16.1 Å². The van der Waals surface area contributed by atoms with E-state index in [9.17, 15) is 4.79 Å². The van der Waals surface area contributed by atoms with Crippen LogP contribution in [0.3, 0.4) is 0 Å². The van der Waals surface area contributed by atoms with Crippen molar-refractivity contribution in [3.05, 3.63) is 64.3 Å². The molecule has 3 nitrogen and oxygen atoms in total. The van der Waals surface area contributed by atoms with Gasteiger partial charge in [0.05, 0.1) is 0 Å². The first-order valence-corrected chi connectivity index (χ1v) is 6.52. The van der Waals surface area contributed by atoms with Crippen LogP contribution in [0, 0.1) is 0 Å². The zero-order valence-corrected chi connectivity index (χ0v) is 11.5. The van der Waals surface area contributed by atoms with Crippen LogP contribution < -0.4 is 5.73 Å². The van der Waals surface area contributed by atoms with Gasteiger partial charge in [0.15, 0.2) is 5.76 Å². The predicted octanol–water partition coefficient (Wildman–Crippen LogP) is 4.01. The zero-order valence-electron chi connectivity index (χ0n) is 9.89. The summed E-state index contributed by atoms with van der Waals surface area (Å²) in [7, 11) is 0. The number of anilines is 1. The number of para-hydroxylation sites is 1. The molecule has 19 heavy (non-hydrogen) atoms. The minimum Gasteiger partial charge on any atom is -0.453 e. The summed E-state index contributed by atoms with van der Waals surface area (Å²) in [4.78, 5) is 12.4. The maximum absolute atomic E-state index is 12.4. The third-order valence-corrected chi connectivity index (χ3v) is 3.29. The average molecular weight is 316 g/mol. The standard InChI is InChI=1S/C15H10BrNO2/c16-11-5-10(6-12(17)8-11)15(18)14-7-9-3-1-2-4-13(9)19-14/h1-8H,17H2. The molecule has 94 valence electrons. The van der Waals surface area contributed by atoms with Gasteiger partial charge < -0.3 is 10.2 Å². The van der Waals surface area contributed by atoms with E-state index in [1.807, 2.05) is 24.3 Å². The Bertz CT molecular complexity index is 723. The Morgan fingerprint density at radius 3 is 2.63 bits per heavy atom. The number of furan rings is 1. The molecule has 0 fully saturated rings. The van der Waals surface area contributed by atoms with Gasteiger partial charge in [-0.3, -0.25) is 4.79 Å². The number of nitrogens with two attached hydrogens (primary N) is 1. The van der Waals surface area contributed by atoms with Crippen LogP contribution >= 0.6 is 15.9 Å². The fourth-order valence-corrected chi connectivity index (χ4v) is 2.49. The molecule has 2 N–H and O–H groups in total. The van der Waals surface area contributed by atoms with Crippen LogP contribution in [0.15, 0.2) is 57.4 Å². The minimum atomic E-state index is -0.177. The molecule has 0 unspecified atom stereocenters. The first kappa shape index (κ1) is 12.0. The van der Waals surface area contributed by atoms with Gasteiger partial charge >= 0.3 is 0 Å². The molecule has 4 heteroatoms. The van der Waals surface area contributed by atoms with Gasteiger partial charge in [-0.05, 0) is 30.3 Å². The first-order chi connectivity index (χ1) is 9.13. The summed E-state index contributed by atoms with van der Waals surface area (Å²) in [5.41, 5.74) is 7.48. The normalized spacial score (nSPS) is 10.8. The second-order valence-corrected chi connectivity index (χ2v) is 5.17. The smallest absolute Gasteiger partial charge is 0.228 e. The highest BCUT2D eigenvalue weighted by Gasteiger charge is 2.15. The molecule has 0 saturated heterocycles. The largest absolute Gasteiger partial charge is 0.453 e. The summed E-state index contributed by atoms with van der Waals surface area (Å²) in [5, 5.41) is 0.911. The Hall–Kier alpha value is -2.07. The minimum absolute atomic E-state index is 0.177. The third kappa shape index (κ3) is 2.27. The molecule has 0 radical (unpaired) electrons. The van der Waals surface area contributed by atoms with Gasteiger partial charge in [-0.2, -0.15) is 0 Å². The Morgan fingerprint density at radius 1 is 1.11 bits per heavy atom. The van der Waals surface area contributed by atoms with E-state index in [0.717, 1.165) is 9.86 Å². The molecular formula is C15H10BrNO2. The number of rotatable bonds is 2. The van der Waals surface area contributed by atoms with E-state index in [1.165, 1.54) is 0 Å². The molecule has 0 bridgehead atoms. The van der Waals surface area contributed by atoms with Gasteiger partial charge in [0, 0.05) is 21.1 Å². The van der Waals surface area contributed by atoms with Gasteiger partial charge in [0.2, 0.25) is 5.78 Å². The number of hydrogen-bond acceptors (Lipinski definition) is 3. The summed E-state index contributed by atoms with van der Waals surface area (Å²) >= 11 is 3.33. The molecule has 0 aliphatic heterocycles. The van der Waals surface area contributed by atoms with Crippen molar-refractivity contribution in [1.82, 2.24) is 0 Å². The molecule has 1 aromatic heterocycles. The van der Waals surface area contributed by atoms with E-state index < -0.39 is 0 Å². The number of benzene rings is 2. The molecule has 0 spiro atoms. The lowest BCUT2D eigenvalue weighted by Gasteiger charge is -2.01. The lowest BCUT2D eigenvalue weighted by Crippen LogP contribution is -2.00. The molecule has 3 aromatic rings. The molecule has 0 aliphatic carbocycles. The predicted molar refractivity (Wildman–Crippen MR) is 78.2 cm³/mol. The topological polar surface area (TPSA) is 56.2 Å². The van der Waals surface area contributed by atoms with Crippen molar-refractivity contribution in [2.75, 3.05) is 5.73 Å². The highest BCUT2D eigenvalue weighted by atomic mass is 79.9. The Kier molecular flexibility index (Phi) is 2.87. The van der Waals surface area contributed by atoms with E-state index >= 15 is 0 Å². The van der Waals surface area contributed by atoms with Gasteiger partial charge in [-0.1, -0.05) is 34.1 Å². The molecule has 0 amide bonds. The van der Waals surface area contributed by atoms with Crippen LogP contribution in [0.2, 0.25) is 0 Å². The number of ketones is 1. The number of nitrogen functional groups attached to an aromatic ring is 1. The molecule has 1 heterocycles. The van der Waals surface area contributed by atoms with Crippen LogP contribution in [0.4, 0.5) is 5.69 Å². The average Bonchev–Trinajstić information content (AvgIpc) is 2.80. The number of hydrogen-bond donors (Lipinski definition) is 1. The Labute approximate surface area is 118 Å². The molecule has 0 saturated carbocycles. The van der Waals surface area contributed by atoms with Gasteiger partial charge in [-0.25, -0.2) is 0 Å². The quantitative estimate of drug-likeness (QED) is 0.574. The van der Waals surface area contributed by atoms with E-state index in [1.54, 1.807) is 24.3 Å². The second-order valence-electron chi connectivity index (χ2n) is 4.25. The van der Waals surface area contributed by atoms with Gasteiger partial charge in [0.1, 0.15) is 5.58 Å². The first-order valence-electron chi connectivity index (χ1n) is 5.73. The maximum atomic E-state index is 12.4. The van der Waals surface area contributed by atoms with Gasteiger partial charge in [-0.15, -0.1) is 0 Å². The van der Waals surface area contributed by atoms with E-state index in [4.69, 9.17) is 10.2 Å². The highest BCUT2D eigenvalue weighted by molar-refractivity contribution is 9.10. The fraction of sp³-hybridized carbons (Fsp3) is 0. The van der Waals surface area contributed by atoms with Crippen LogP contribution in [-0.4, -0.2) is 5.78 Å². The van der Waals surface area contributed by atoms with Gasteiger partial charge in [0.25, 0.3) is 0 Å². The molecule has 2 aromatic carbocycles. The molecular weight excluding hydrogens is 306 g/mol. The summed E-state index contributed by atoms with van der Waals surface area (Å²) < 4.78 is 6.33. The van der Waals surface area contributed by atoms with Crippen molar-refractivity contribution in [2.24, 2.45) is 0 Å². The molecule has 3 rings (SSSR count). The lowest BCUT2D eigenvalue weighted by molar-refractivity contribution is 0.101. The van der Waals surface area contributed by atoms with Crippen molar-refractivity contribution in [2.45, 2.75) is 0 Å². The SMILES string of the molecule is Nc1cc(Br)cc(C(=O)c2cc3ccccc3o2)c1. The van der Waals surface area contributed by atoms with E-state index in [0.29, 0.717) is 22.6 Å². The summed E-state index contributed by atoms with van der Waals surface area (Å²) in [6.45, 7) is 0. The number of halogens is 1. The van der Waals surface area contributed by atoms with E-state index in [-0.39, 0.29) is 5.78 Å².